The zero-order valence-corrected chi connectivity index (χ0v) is 23.4. The van der Waals surface area contributed by atoms with Gasteiger partial charge in [0.2, 0.25) is 0 Å². The van der Waals surface area contributed by atoms with Crippen molar-refractivity contribution in [3.8, 4) is 11.8 Å². The summed E-state index contributed by atoms with van der Waals surface area (Å²) >= 11 is 0. The van der Waals surface area contributed by atoms with Gasteiger partial charge in [-0.25, -0.2) is 4.79 Å². The lowest BCUT2D eigenvalue weighted by Gasteiger charge is -2.34. The van der Waals surface area contributed by atoms with E-state index < -0.39 is 11.2 Å². The molecule has 1 aliphatic carbocycles. The number of amides is 1. The van der Waals surface area contributed by atoms with Crippen LogP contribution in [0.1, 0.15) is 54.9 Å². The fourth-order valence-electron chi connectivity index (χ4n) is 5.92. The molecular weight excluding hydrogens is 520 g/mol. The Balaban J connectivity index is 1.59. The van der Waals surface area contributed by atoms with Crippen molar-refractivity contribution in [2.45, 2.75) is 64.2 Å². The highest BCUT2D eigenvalue weighted by atomic mass is 16.2. The van der Waals surface area contributed by atoms with Crippen LogP contribution in [0, 0.1) is 11.8 Å². The minimum Gasteiger partial charge on any atom is -0.356 e. The third-order valence-electron chi connectivity index (χ3n) is 8.22. The van der Waals surface area contributed by atoms with Gasteiger partial charge in [0.25, 0.3) is 11.5 Å². The third kappa shape index (κ3) is 4.78. The maximum atomic E-state index is 14.3. The topological polar surface area (TPSA) is 133 Å². The predicted octanol–water partition coefficient (Wildman–Crippen LogP) is 1.73. The Bertz CT molecular complexity index is 1840. The van der Waals surface area contributed by atoms with Crippen molar-refractivity contribution in [2.24, 2.45) is 12.8 Å². The van der Waals surface area contributed by atoms with Crippen LogP contribution in [0.5, 0.6) is 0 Å². The lowest BCUT2D eigenvalue weighted by molar-refractivity contribution is 0.0918. The van der Waals surface area contributed by atoms with Crippen LogP contribution in [0.3, 0.4) is 0 Å². The third-order valence-corrected chi connectivity index (χ3v) is 8.22. The van der Waals surface area contributed by atoms with Crippen LogP contribution in [-0.2, 0) is 20.1 Å². The van der Waals surface area contributed by atoms with E-state index in [-0.39, 0.29) is 36.6 Å². The zero-order valence-electron chi connectivity index (χ0n) is 23.4. The number of aromatic nitrogens is 5. The lowest BCUT2D eigenvalue weighted by atomic mass is 9.93. The second-order valence-corrected chi connectivity index (χ2v) is 11.0. The van der Waals surface area contributed by atoms with Gasteiger partial charge in [0.05, 0.1) is 29.6 Å². The molecule has 1 saturated heterocycles. The lowest BCUT2D eigenvalue weighted by Crippen LogP contribution is -2.45. The van der Waals surface area contributed by atoms with E-state index in [0.29, 0.717) is 35.5 Å². The minimum atomic E-state index is -0.500. The normalized spacial score (nSPS) is 17.3. The molecule has 2 aliphatic rings. The molecule has 1 aromatic carbocycles. The standard InChI is InChI=1S/C30H34N8O3/c1-3-4-15-37-26-25(24(27(39)34-21-8-5-9-21)28(37)36-14-6-7-20(31)18-36)35(2)30(41)38(29(26)40)17-19-10-11-22-23(16-19)33-13-12-32-22/h10-13,16,20-21H,5-9,14-15,17-18,31H2,1-2H3,(H,34,39)/t20-/m1/s1. The van der Waals surface area contributed by atoms with Gasteiger partial charge in [-0.15, -0.1) is 5.92 Å². The number of rotatable bonds is 6. The van der Waals surface area contributed by atoms with E-state index in [1.807, 2.05) is 22.8 Å². The first-order chi connectivity index (χ1) is 19.9. The molecule has 1 amide bonds. The smallest absolute Gasteiger partial charge is 0.331 e. The SMILES string of the molecule is CC#CCn1c(N2CCC[C@@H](N)C2)c(C(=O)NC2CCC2)c2c1c(=O)n(Cc1ccc3nccnc3c1)c(=O)n2C. The zero-order chi connectivity index (χ0) is 28.7. The molecule has 212 valence electrons. The van der Waals surface area contributed by atoms with Gasteiger partial charge in [0.15, 0.2) is 0 Å². The van der Waals surface area contributed by atoms with Gasteiger partial charge >= 0.3 is 5.69 Å². The van der Waals surface area contributed by atoms with Crippen molar-refractivity contribution < 1.29 is 4.79 Å². The molecule has 1 aliphatic heterocycles. The second kappa shape index (κ2) is 10.9. The number of anilines is 1. The van der Waals surface area contributed by atoms with E-state index in [0.717, 1.165) is 43.2 Å². The Kier molecular flexibility index (Phi) is 7.09. The van der Waals surface area contributed by atoms with E-state index in [2.05, 4.69) is 32.0 Å². The Hall–Kier alpha value is -4.43. The van der Waals surface area contributed by atoms with Crippen LogP contribution >= 0.6 is 0 Å². The van der Waals surface area contributed by atoms with Crippen molar-refractivity contribution in [3.05, 3.63) is 62.6 Å². The molecule has 2 fully saturated rings. The average Bonchev–Trinajstić information content (AvgIpc) is 3.30. The number of nitrogens with two attached hydrogens (primary N) is 1. The molecule has 3 aromatic heterocycles. The molecule has 41 heavy (non-hydrogen) atoms. The number of hydrogen-bond donors (Lipinski definition) is 2. The highest BCUT2D eigenvalue weighted by Crippen LogP contribution is 2.33. The minimum absolute atomic E-state index is 0.0477. The number of aryl methyl sites for hydroxylation is 1. The van der Waals surface area contributed by atoms with Gasteiger partial charge in [-0.05, 0) is 56.7 Å². The number of nitrogens with zero attached hydrogens (tertiary/aromatic N) is 6. The summed E-state index contributed by atoms with van der Waals surface area (Å²) in [6, 6.07) is 5.52. The van der Waals surface area contributed by atoms with Crippen molar-refractivity contribution in [1.82, 2.24) is 29.0 Å². The molecule has 1 saturated carbocycles. The first-order valence-corrected chi connectivity index (χ1v) is 14.1. The number of carbonyl (C=O) groups is 1. The van der Waals surface area contributed by atoms with Crippen molar-refractivity contribution in [1.29, 1.82) is 0 Å². The number of hydrogen-bond acceptors (Lipinski definition) is 7. The molecular formula is C30H34N8O3. The summed E-state index contributed by atoms with van der Waals surface area (Å²) < 4.78 is 4.45. The van der Waals surface area contributed by atoms with E-state index >= 15 is 0 Å². The maximum absolute atomic E-state index is 14.3. The number of benzene rings is 1. The molecule has 3 N–H and O–H groups in total. The van der Waals surface area contributed by atoms with Crippen LogP contribution in [0.15, 0.2) is 40.2 Å². The second-order valence-electron chi connectivity index (χ2n) is 11.0. The molecule has 0 spiro atoms. The average molecular weight is 555 g/mol. The summed E-state index contributed by atoms with van der Waals surface area (Å²) in [6.45, 7) is 3.21. The number of nitrogens with one attached hydrogen (secondary N) is 1. The predicted molar refractivity (Wildman–Crippen MR) is 158 cm³/mol. The molecule has 0 bridgehead atoms. The molecule has 11 nitrogen and oxygen atoms in total. The molecule has 1 atom stereocenters. The van der Waals surface area contributed by atoms with Gasteiger partial charge in [0, 0.05) is 44.6 Å². The summed E-state index contributed by atoms with van der Waals surface area (Å²) in [5.41, 5.74) is 8.49. The summed E-state index contributed by atoms with van der Waals surface area (Å²) in [6.07, 6.45) is 7.87. The summed E-state index contributed by atoms with van der Waals surface area (Å²) in [7, 11) is 1.62. The van der Waals surface area contributed by atoms with E-state index in [4.69, 9.17) is 5.73 Å². The van der Waals surface area contributed by atoms with Gasteiger partial charge in [0.1, 0.15) is 16.9 Å². The monoisotopic (exact) mass is 554 g/mol. The van der Waals surface area contributed by atoms with Crippen LogP contribution in [-0.4, -0.2) is 54.7 Å². The summed E-state index contributed by atoms with van der Waals surface area (Å²) in [5, 5.41) is 3.14. The quantitative estimate of drug-likeness (QED) is 0.347. The first-order valence-electron chi connectivity index (χ1n) is 14.1. The molecule has 0 radical (unpaired) electrons. The highest BCUT2D eigenvalue weighted by molar-refractivity contribution is 6.11. The molecule has 4 aromatic rings. The van der Waals surface area contributed by atoms with Crippen LogP contribution in [0.4, 0.5) is 5.82 Å². The Morgan fingerprint density at radius 3 is 2.56 bits per heavy atom. The van der Waals surface area contributed by atoms with Crippen LogP contribution in [0.2, 0.25) is 0 Å². The highest BCUT2D eigenvalue weighted by Gasteiger charge is 2.34. The Morgan fingerprint density at radius 2 is 1.85 bits per heavy atom. The van der Waals surface area contributed by atoms with E-state index in [1.165, 1.54) is 9.13 Å². The molecule has 0 unspecified atom stereocenters. The number of piperidine rings is 1. The van der Waals surface area contributed by atoms with Gasteiger partial charge < -0.3 is 20.5 Å². The Morgan fingerprint density at radius 1 is 1.07 bits per heavy atom. The summed E-state index contributed by atoms with van der Waals surface area (Å²) in [5.74, 6) is 6.32. The maximum Gasteiger partial charge on any atom is 0.331 e. The molecule has 11 heteroatoms. The number of carbonyl (C=O) groups excluding carboxylic acids is 1. The summed E-state index contributed by atoms with van der Waals surface area (Å²) in [4.78, 5) is 52.7. The van der Waals surface area contributed by atoms with Crippen LogP contribution in [0.25, 0.3) is 22.1 Å². The van der Waals surface area contributed by atoms with Gasteiger partial charge in [-0.3, -0.25) is 28.7 Å². The van der Waals surface area contributed by atoms with Gasteiger partial charge in [-0.2, -0.15) is 0 Å². The largest absolute Gasteiger partial charge is 0.356 e. The van der Waals surface area contributed by atoms with Crippen molar-refractivity contribution in [3.63, 3.8) is 0 Å². The van der Waals surface area contributed by atoms with Crippen LogP contribution < -0.4 is 27.2 Å². The fourth-order valence-corrected chi connectivity index (χ4v) is 5.92. The fraction of sp³-hybridized carbons (Fsp3) is 0.433. The molecule has 4 heterocycles. The van der Waals surface area contributed by atoms with Crippen molar-refractivity contribution >= 4 is 33.8 Å². The Labute approximate surface area is 237 Å². The van der Waals surface area contributed by atoms with E-state index in [1.54, 1.807) is 26.4 Å². The van der Waals surface area contributed by atoms with Crippen molar-refractivity contribution in [2.75, 3.05) is 18.0 Å². The van der Waals surface area contributed by atoms with E-state index in [9.17, 15) is 14.4 Å². The first kappa shape index (κ1) is 26.8. The molecule has 6 rings (SSSR count). The van der Waals surface area contributed by atoms with Gasteiger partial charge in [-0.1, -0.05) is 12.0 Å². The number of fused-ring (bicyclic) bond motifs is 2.